The van der Waals surface area contributed by atoms with Crippen LogP contribution in [-0.4, -0.2) is 31.6 Å². The van der Waals surface area contributed by atoms with Gasteiger partial charge in [-0.25, -0.2) is 0 Å². The Morgan fingerprint density at radius 3 is 2.86 bits per heavy atom. The van der Waals surface area contributed by atoms with Gasteiger partial charge in [0.15, 0.2) is 0 Å². The Balaban J connectivity index is 2.51. The molecule has 0 bridgehead atoms. The van der Waals surface area contributed by atoms with Crippen molar-refractivity contribution in [3.8, 4) is 0 Å². The number of likely N-dealkylation sites (N-methyl/N-ethyl adjacent to an activating group) is 1. The van der Waals surface area contributed by atoms with E-state index in [9.17, 15) is 0 Å². The molecule has 0 saturated heterocycles. The lowest BCUT2D eigenvalue weighted by Gasteiger charge is -2.28. The third-order valence-corrected chi connectivity index (χ3v) is 2.71. The van der Waals surface area contributed by atoms with Gasteiger partial charge in [-0.05, 0) is 38.6 Å². The van der Waals surface area contributed by atoms with Crippen molar-refractivity contribution in [2.45, 2.75) is 25.8 Å². The quantitative estimate of drug-likeness (QED) is 0.647. The Morgan fingerprint density at radius 2 is 2.36 bits per heavy atom. The average Bonchev–Trinajstić information content (AvgIpc) is 2.71. The highest BCUT2D eigenvalue weighted by molar-refractivity contribution is 5.28. The number of nitrogens with one attached hydrogen (secondary N) is 1. The minimum Gasteiger partial charge on any atom is -0.365 e. The lowest BCUT2D eigenvalue weighted by molar-refractivity contribution is 0.287. The summed E-state index contributed by atoms with van der Waals surface area (Å²) in [4.78, 5) is 2.32. The van der Waals surface area contributed by atoms with E-state index in [4.69, 9.17) is 0 Å². The molecule has 1 unspecified atom stereocenters. The molecule has 1 rings (SSSR count). The van der Waals surface area contributed by atoms with Gasteiger partial charge in [0.1, 0.15) is 0 Å². The Bertz CT molecular complexity index is 259. The summed E-state index contributed by atoms with van der Waals surface area (Å²) in [7, 11) is 4.15. The predicted molar refractivity (Wildman–Crippen MR) is 61.1 cm³/mol. The van der Waals surface area contributed by atoms with Gasteiger partial charge >= 0.3 is 0 Å². The highest BCUT2D eigenvalue weighted by atomic mass is 15.1. The Morgan fingerprint density at radius 1 is 1.57 bits per heavy atom. The van der Waals surface area contributed by atoms with Crippen molar-refractivity contribution in [1.82, 2.24) is 10.2 Å². The van der Waals surface area contributed by atoms with Crippen molar-refractivity contribution in [2.24, 2.45) is 0 Å². The summed E-state index contributed by atoms with van der Waals surface area (Å²) in [6.07, 6.45) is 8.48. The summed E-state index contributed by atoms with van der Waals surface area (Å²) in [5.74, 6) is 0. The van der Waals surface area contributed by atoms with Gasteiger partial charge in [-0.3, -0.25) is 0 Å². The zero-order valence-corrected chi connectivity index (χ0v) is 9.38. The summed E-state index contributed by atoms with van der Waals surface area (Å²) in [5.41, 5.74) is 4.44. The topological polar surface area (TPSA) is 15.3 Å². The van der Waals surface area contributed by atoms with Crippen molar-refractivity contribution < 1.29 is 0 Å². The van der Waals surface area contributed by atoms with Gasteiger partial charge in [-0.1, -0.05) is 18.7 Å². The van der Waals surface area contributed by atoms with E-state index in [0.29, 0.717) is 6.04 Å². The molecule has 1 aliphatic carbocycles. The van der Waals surface area contributed by atoms with Crippen LogP contribution in [0.2, 0.25) is 0 Å². The van der Waals surface area contributed by atoms with E-state index in [0.717, 1.165) is 6.54 Å². The Hall–Kier alpha value is -0.980. The number of nitrogens with zero attached hydrogens (tertiary/aromatic N) is 1. The standard InChI is InChI=1S/C12H20N2/c1-4-11(9-10-13-2)14(3)12-7-5-6-8-12/h5-7,11,13H,4,9-10H2,1-3H3. The second kappa shape index (κ2) is 5.69. The predicted octanol–water partition coefficient (Wildman–Crippen LogP) is 1.92. The van der Waals surface area contributed by atoms with Gasteiger partial charge in [-0.15, -0.1) is 0 Å². The lowest BCUT2D eigenvalue weighted by atomic mass is 10.1. The van der Waals surface area contributed by atoms with E-state index in [1.165, 1.54) is 18.5 Å². The number of allylic oxidation sites excluding steroid dienone is 2. The zero-order chi connectivity index (χ0) is 10.4. The molecule has 0 fully saturated rings. The van der Waals surface area contributed by atoms with E-state index < -0.39 is 0 Å². The maximum atomic E-state index is 3.23. The molecule has 1 atom stereocenters. The molecule has 0 aromatic carbocycles. The summed E-state index contributed by atoms with van der Waals surface area (Å²) in [6.45, 7) is 3.31. The molecule has 0 heterocycles. The van der Waals surface area contributed by atoms with Crippen molar-refractivity contribution in [3.63, 3.8) is 0 Å². The van der Waals surface area contributed by atoms with Crippen LogP contribution in [0.3, 0.4) is 0 Å². The fourth-order valence-electron chi connectivity index (χ4n) is 1.72. The van der Waals surface area contributed by atoms with Crippen LogP contribution < -0.4 is 5.32 Å². The normalized spacial score (nSPS) is 15.8. The minimum atomic E-state index is 0.612. The maximum Gasteiger partial charge on any atom is 0.0799 e. The molecule has 0 radical (unpaired) electrons. The molecule has 78 valence electrons. The SMILES string of the molecule is CCC(CCNC)N(C)C1=C=CC=C1. The molecule has 0 spiro atoms. The van der Waals surface area contributed by atoms with E-state index in [1.807, 2.05) is 19.2 Å². The first kappa shape index (κ1) is 11.1. The summed E-state index contributed by atoms with van der Waals surface area (Å²) in [5, 5.41) is 3.20. The minimum absolute atomic E-state index is 0.612. The number of hydrogen-bond donors (Lipinski definition) is 1. The summed E-state index contributed by atoms with van der Waals surface area (Å²) in [6, 6.07) is 0.612. The fraction of sp³-hybridized carbons (Fsp3) is 0.583. The highest BCUT2D eigenvalue weighted by Crippen LogP contribution is 2.15. The van der Waals surface area contributed by atoms with Crippen molar-refractivity contribution in [3.05, 3.63) is 29.7 Å². The van der Waals surface area contributed by atoms with Gasteiger partial charge in [0.2, 0.25) is 0 Å². The molecule has 2 heteroatoms. The molecular weight excluding hydrogens is 172 g/mol. The molecule has 1 N–H and O–H groups in total. The highest BCUT2D eigenvalue weighted by Gasteiger charge is 2.13. The second-order valence-electron chi connectivity index (χ2n) is 3.62. The third-order valence-electron chi connectivity index (χ3n) is 2.71. The van der Waals surface area contributed by atoms with Crippen molar-refractivity contribution >= 4 is 0 Å². The van der Waals surface area contributed by atoms with Crippen LogP contribution in [0.15, 0.2) is 29.7 Å². The first-order valence-electron chi connectivity index (χ1n) is 5.30. The van der Waals surface area contributed by atoms with Gasteiger partial charge in [0.25, 0.3) is 0 Å². The molecule has 0 aliphatic heterocycles. The van der Waals surface area contributed by atoms with E-state index in [1.54, 1.807) is 0 Å². The van der Waals surface area contributed by atoms with Crippen LogP contribution >= 0.6 is 0 Å². The average molecular weight is 192 g/mol. The van der Waals surface area contributed by atoms with Crippen molar-refractivity contribution in [1.29, 1.82) is 0 Å². The van der Waals surface area contributed by atoms with Gasteiger partial charge < -0.3 is 10.2 Å². The van der Waals surface area contributed by atoms with Crippen LogP contribution in [0.1, 0.15) is 19.8 Å². The molecule has 0 aromatic heterocycles. The Kier molecular flexibility index (Phi) is 4.51. The van der Waals surface area contributed by atoms with Crippen LogP contribution in [0, 0.1) is 0 Å². The molecule has 0 amide bonds. The summed E-state index contributed by atoms with van der Waals surface area (Å²) >= 11 is 0. The smallest absolute Gasteiger partial charge is 0.0799 e. The maximum absolute atomic E-state index is 3.23. The Labute approximate surface area is 87.0 Å². The zero-order valence-electron chi connectivity index (χ0n) is 9.38. The summed E-state index contributed by atoms with van der Waals surface area (Å²) < 4.78 is 0. The molecule has 14 heavy (non-hydrogen) atoms. The van der Waals surface area contributed by atoms with Gasteiger partial charge in [0.05, 0.1) is 5.70 Å². The first-order valence-corrected chi connectivity index (χ1v) is 5.30. The molecule has 0 saturated carbocycles. The van der Waals surface area contributed by atoms with E-state index in [2.05, 4.69) is 36.0 Å². The van der Waals surface area contributed by atoms with Crippen LogP contribution in [0.25, 0.3) is 0 Å². The molecule has 2 nitrogen and oxygen atoms in total. The van der Waals surface area contributed by atoms with Gasteiger partial charge in [-0.2, -0.15) is 0 Å². The molecular formula is C12H20N2. The number of hydrogen-bond acceptors (Lipinski definition) is 2. The van der Waals surface area contributed by atoms with Crippen LogP contribution in [-0.2, 0) is 0 Å². The van der Waals surface area contributed by atoms with Gasteiger partial charge in [0, 0.05) is 13.1 Å². The van der Waals surface area contributed by atoms with E-state index >= 15 is 0 Å². The van der Waals surface area contributed by atoms with E-state index in [-0.39, 0.29) is 0 Å². The fourth-order valence-corrected chi connectivity index (χ4v) is 1.72. The third kappa shape index (κ3) is 2.76. The first-order chi connectivity index (χ1) is 6.79. The van der Waals surface area contributed by atoms with Crippen molar-refractivity contribution in [2.75, 3.05) is 20.6 Å². The second-order valence-corrected chi connectivity index (χ2v) is 3.62. The largest absolute Gasteiger partial charge is 0.365 e. The molecule has 1 aliphatic rings. The molecule has 0 aromatic rings. The monoisotopic (exact) mass is 192 g/mol. The van der Waals surface area contributed by atoms with Crippen LogP contribution in [0.5, 0.6) is 0 Å². The lowest BCUT2D eigenvalue weighted by Crippen LogP contribution is -2.32. The van der Waals surface area contributed by atoms with Crippen LogP contribution in [0.4, 0.5) is 0 Å². The number of rotatable bonds is 6.